The molecule has 0 aliphatic rings. The molecule has 0 saturated carbocycles. The number of rotatable bonds is 6. The summed E-state index contributed by atoms with van der Waals surface area (Å²) in [5.41, 5.74) is 6.86. The number of carbonyl (C=O) groups is 1. The van der Waals surface area contributed by atoms with E-state index in [0.717, 1.165) is 12.0 Å². The number of halogens is 3. The third-order valence-electron chi connectivity index (χ3n) is 2.64. The summed E-state index contributed by atoms with van der Waals surface area (Å²) >= 11 is 0. The van der Waals surface area contributed by atoms with E-state index in [4.69, 9.17) is 5.73 Å². The third kappa shape index (κ3) is 6.50. The summed E-state index contributed by atoms with van der Waals surface area (Å²) in [5, 5.41) is 2.18. The van der Waals surface area contributed by atoms with Crippen molar-refractivity contribution in [3.8, 4) is 0 Å². The number of nitrogens with two attached hydrogens (primary N) is 1. The quantitative estimate of drug-likeness (QED) is 0.842. The maximum Gasteiger partial charge on any atom is 0.277 e. The molecule has 6 heteroatoms. The smallest absolute Gasteiger partial charge is 0.277 e. The van der Waals surface area contributed by atoms with E-state index >= 15 is 0 Å². The summed E-state index contributed by atoms with van der Waals surface area (Å²) in [5.74, 6) is -3.46. The van der Waals surface area contributed by atoms with Crippen LogP contribution >= 0.6 is 12.4 Å². The van der Waals surface area contributed by atoms with Crippen molar-refractivity contribution in [1.82, 2.24) is 5.32 Å². The Bertz CT molecular complexity index is 396. The molecular weight excluding hydrogens is 274 g/mol. The first-order valence-electron chi connectivity index (χ1n) is 5.89. The molecule has 0 aliphatic heterocycles. The zero-order valence-corrected chi connectivity index (χ0v) is 11.6. The van der Waals surface area contributed by atoms with Crippen LogP contribution in [0.25, 0.3) is 0 Å². The summed E-state index contributed by atoms with van der Waals surface area (Å²) in [6, 6.07) is 7.52. The highest BCUT2D eigenvalue weighted by Crippen LogP contribution is 2.09. The van der Waals surface area contributed by atoms with Crippen LogP contribution in [0.2, 0.25) is 0 Å². The zero-order chi connectivity index (χ0) is 13.6. The second-order valence-electron chi connectivity index (χ2n) is 4.18. The van der Waals surface area contributed by atoms with Crippen molar-refractivity contribution in [3.63, 3.8) is 0 Å². The molecule has 3 nitrogen and oxygen atoms in total. The second kappa shape index (κ2) is 8.07. The monoisotopic (exact) mass is 292 g/mol. The van der Waals surface area contributed by atoms with Gasteiger partial charge in [-0.05, 0) is 17.5 Å². The molecule has 108 valence electrons. The molecule has 0 heterocycles. The SMILES string of the molecule is CCc1ccc(CC(=O)NCC(F)(F)CN)cc1.Cl. The number of alkyl halides is 2. The molecule has 19 heavy (non-hydrogen) atoms. The molecule has 0 aliphatic carbocycles. The molecule has 1 aromatic rings. The molecule has 3 N–H and O–H groups in total. The van der Waals surface area contributed by atoms with Crippen LogP contribution in [-0.2, 0) is 17.6 Å². The van der Waals surface area contributed by atoms with Gasteiger partial charge in [0.15, 0.2) is 0 Å². The fraction of sp³-hybridized carbons (Fsp3) is 0.462. The van der Waals surface area contributed by atoms with Gasteiger partial charge >= 0.3 is 0 Å². The van der Waals surface area contributed by atoms with E-state index in [1.54, 1.807) is 0 Å². The van der Waals surface area contributed by atoms with Crippen molar-refractivity contribution in [1.29, 1.82) is 0 Å². The van der Waals surface area contributed by atoms with Crippen LogP contribution in [0.4, 0.5) is 8.78 Å². The lowest BCUT2D eigenvalue weighted by atomic mass is 10.1. The maximum atomic E-state index is 12.8. The standard InChI is InChI=1S/C13H18F2N2O.ClH/c1-2-10-3-5-11(6-4-10)7-12(18)17-9-13(14,15)8-16;/h3-6H,2,7-9,16H2,1H3,(H,17,18);1H. The number of carbonyl (C=O) groups excluding carboxylic acids is 1. The van der Waals surface area contributed by atoms with Gasteiger partial charge in [0.2, 0.25) is 5.91 Å². The first-order valence-corrected chi connectivity index (χ1v) is 5.89. The number of hydrogen-bond donors (Lipinski definition) is 2. The molecule has 0 spiro atoms. The van der Waals surface area contributed by atoms with Gasteiger partial charge in [0, 0.05) is 0 Å². The average molecular weight is 293 g/mol. The molecule has 0 atom stereocenters. The normalized spacial score (nSPS) is 10.7. The van der Waals surface area contributed by atoms with Crippen LogP contribution in [0.1, 0.15) is 18.1 Å². The van der Waals surface area contributed by atoms with Gasteiger partial charge in [0.05, 0.1) is 19.5 Å². The van der Waals surface area contributed by atoms with E-state index in [2.05, 4.69) is 5.32 Å². The van der Waals surface area contributed by atoms with Crippen LogP contribution in [0, 0.1) is 0 Å². The topological polar surface area (TPSA) is 55.1 Å². The minimum Gasteiger partial charge on any atom is -0.350 e. The summed E-state index contributed by atoms with van der Waals surface area (Å²) in [6.45, 7) is 0.560. The van der Waals surface area contributed by atoms with Crippen LogP contribution < -0.4 is 11.1 Å². The lowest BCUT2D eigenvalue weighted by molar-refractivity contribution is -0.122. The van der Waals surface area contributed by atoms with E-state index in [1.807, 2.05) is 31.2 Å². The van der Waals surface area contributed by atoms with Crippen molar-refractivity contribution >= 4 is 18.3 Å². The van der Waals surface area contributed by atoms with Crippen LogP contribution in [-0.4, -0.2) is 24.9 Å². The van der Waals surface area contributed by atoms with Gasteiger partial charge in [0.1, 0.15) is 0 Å². The first-order chi connectivity index (χ1) is 8.46. The minimum atomic E-state index is -3.04. The predicted molar refractivity (Wildman–Crippen MR) is 73.8 cm³/mol. The molecule has 0 fully saturated rings. The van der Waals surface area contributed by atoms with E-state index < -0.39 is 24.9 Å². The molecule has 0 unspecified atom stereocenters. The molecule has 1 rings (SSSR count). The van der Waals surface area contributed by atoms with Crippen LogP contribution in [0.3, 0.4) is 0 Å². The van der Waals surface area contributed by atoms with E-state index in [0.29, 0.717) is 0 Å². The Morgan fingerprint density at radius 2 is 1.79 bits per heavy atom. The molecule has 0 saturated heterocycles. The van der Waals surface area contributed by atoms with Crippen molar-refractivity contribution in [2.24, 2.45) is 5.73 Å². The lowest BCUT2D eigenvalue weighted by Crippen LogP contribution is -2.42. The summed E-state index contributed by atoms with van der Waals surface area (Å²) in [4.78, 5) is 11.4. The summed E-state index contributed by atoms with van der Waals surface area (Å²) < 4.78 is 25.6. The van der Waals surface area contributed by atoms with Gasteiger partial charge in [-0.3, -0.25) is 4.79 Å². The lowest BCUT2D eigenvalue weighted by Gasteiger charge is -2.14. The van der Waals surface area contributed by atoms with Crippen molar-refractivity contribution < 1.29 is 13.6 Å². The zero-order valence-electron chi connectivity index (χ0n) is 10.8. The van der Waals surface area contributed by atoms with Gasteiger partial charge in [0.25, 0.3) is 5.92 Å². The molecule has 0 aromatic heterocycles. The molecule has 0 radical (unpaired) electrons. The van der Waals surface area contributed by atoms with Crippen molar-refractivity contribution in [2.45, 2.75) is 25.7 Å². The summed E-state index contributed by atoms with van der Waals surface area (Å²) in [6.07, 6.45) is 1.03. The number of nitrogens with one attached hydrogen (secondary N) is 1. The highest BCUT2D eigenvalue weighted by atomic mass is 35.5. The predicted octanol–water partition coefficient (Wildman–Crippen LogP) is 1.92. The molecular formula is C13H19ClF2N2O. The second-order valence-corrected chi connectivity index (χ2v) is 4.18. The van der Waals surface area contributed by atoms with E-state index in [1.165, 1.54) is 5.56 Å². The van der Waals surface area contributed by atoms with Crippen molar-refractivity contribution in [2.75, 3.05) is 13.1 Å². The highest BCUT2D eigenvalue weighted by molar-refractivity contribution is 5.85. The van der Waals surface area contributed by atoms with E-state index in [9.17, 15) is 13.6 Å². The van der Waals surface area contributed by atoms with Crippen molar-refractivity contribution in [3.05, 3.63) is 35.4 Å². The Balaban J connectivity index is 0.00000324. The maximum absolute atomic E-state index is 12.8. The Labute approximate surface area is 118 Å². The Kier molecular flexibility index (Phi) is 7.56. The highest BCUT2D eigenvalue weighted by Gasteiger charge is 2.26. The van der Waals surface area contributed by atoms with Gasteiger partial charge in [-0.15, -0.1) is 12.4 Å². The number of benzene rings is 1. The molecule has 1 amide bonds. The molecule has 1 aromatic carbocycles. The van der Waals surface area contributed by atoms with Crippen LogP contribution in [0.15, 0.2) is 24.3 Å². The fourth-order valence-electron chi connectivity index (χ4n) is 1.44. The summed E-state index contributed by atoms with van der Waals surface area (Å²) in [7, 11) is 0. The number of amides is 1. The average Bonchev–Trinajstić information content (AvgIpc) is 2.37. The van der Waals surface area contributed by atoms with Gasteiger partial charge in [-0.2, -0.15) is 0 Å². The third-order valence-corrected chi connectivity index (χ3v) is 2.64. The fourth-order valence-corrected chi connectivity index (χ4v) is 1.44. The first kappa shape index (κ1) is 17.8. The Morgan fingerprint density at radius 1 is 1.26 bits per heavy atom. The van der Waals surface area contributed by atoms with Crippen LogP contribution in [0.5, 0.6) is 0 Å². The Hall–Kier alpha value is -1.20. The number of hydrogen-bond acceptors (Lipinski definition) is 2. The largest absolute Gasteiger partial charge is 0.350 e. The van der Waals surface area contributed by atoms with Gasteiger partial charge < -0.3 is 11.1 Å². The number of aryl methyl sites for hydroxylation is 1. The Morgan fingerprint density at radius 3 is 2.26 bits per heavy atom. The molecule has 0 bridgehead atoms. The van der Waals surface area contributed by atoms with Gasteiger partial charge in [-0.1, -0.05) is 31.2 Å². The van der Waals surface area contributed by atoms with Gasteiger partial charge in [-0.25, -0.2) is 8.78 Å². The minimum absolute atomic E-state index is 0. The van der Waals surface area contributed by atoms with E-state index in [-0.39, 0.29) is 18.8 Å².